The summed E-state index contributed by atoms with van der Waals surface area (Å²) in [6.45, 7) is 0.201. The average molecular weight is 594 g/mol. The van der Waals surface area contributed by atoms with Crippen LogP contribution in [-0.4, -0.2) is 13.7 Å². The van der Waals surface area contributed by atoms with Gasteiger partial charge < -0.3 is 9.62 Å². The summed E-state index contributed by atoms with van der Waals surface area (Å²) < 4.78 is 0. The molecule has 11 rings (SSSR count). The lowest BCUT2D eigenvalue weighted by Crippen LogP contribution is -2.59. The van der Waals surface area contributed by atoms with Crippen LogP contribution in [0.5, 0.6) is 0 Å². The van der Waals surface area contributed by atoms with Crippen molar-refractivity contribution in [2.24, 2.45) is 0 Å². The molecule has 6 aliphatic rings. The molecule has 0 fully saturated rings. The Morgan fingerprint density at radius 3 is 1.98 bits per heavy atom. The van der Waals surface area contributed by atoms with Gasteiger partial charge in [0.1, 0.15) is 0 Å². The summed E-state index contributed by atoms with van der Waals surface area (Å²) in [5.74, 6) is 0. The Bertz CT molecular complexity index is 2440. The number of nitrogens with zero attached hydrogens (tertiary/aromatic N) is 2. The Balaban J connectivity index is 1.25. The lowest BCUT2D eigenvalue weighted by Gasteiger charge is -2.47. The van der Waals surface area contributed by atoms with E-state index in [4.69, 9.17) is 0 Å². The summed E-state index contributed by atoms with van der Waals surface area (Å²) in [7, 11) is 0. The highest BCUT2D eigenvalue weighted by Crippen LogP contribution is 2.56. The van der Waals surface area contributed by atoms with Crippen LogP contribution in [-0.2, 0) is 0 Å². The lowest BCUT2D eigenvalue weighted by atomic mass is 9.40. The molecule has 0 aromatic heterocycles. The molecule has 216 valence electrons. The molecule has 5 aromatic carbocycles. The molecular formula is C43H28B2N2. The largest absolute Gasteiger partial charge is 0.376 e. The SMILES string of the molecule is C1=CC=CC=C2B3C4=C(CCC=C4)c4cc5c(cc4N3c3ccccc3C=12)-c1ccccc1B1c2ccccc2-c2ccccc2N15. The number of anilines is 4. The smallest absolute Gasteiger partial charge is 0.329 e. The van der Waals surface area contributed by atoms with Crippen molar-refractivity contribution in [3.05, 3.63) is 173 Å². The van der Waals surface area contributed by atoms with Crippen molar-refractivity contribution >= 4 is 58.5 Å². The van der Waals surface area contributed by atoms with E-state index in [9.17, 15) is 0 Å². The normalized spacial score (nSPS) is 17.0. The Morgan fingerprint density at radius 2 is 1.17 bits per heavy atom. The molecule has 4 heterocycles. The molecule has 0 saturated carbocycles. The topological polar surface area (TPSA) is 6.48 Å². The summed E-state index contributed by atoms with van der Waals surface area (Å²) in [4.78, 5) is 5.26. The van der Waals surface area contributed by atoms with E-state index >= 15 is 0 Å². The summed E-state index contributed by atoms with van der Waals surface area (Å²) >= 11 is 0. The molecule has 0 N–H and O–H groups in total. The van der Waals surface area contributed by atoms with Crippen LogP contribution in [0.25, 0.3) is 33.4 Å². The predicted molar refractivity (Wildman–Crippen MR) is 199 cm³/mol. The quantitative estimate of drug-likeness (QED) is 0.131. The monoisotopic (exact) mass is 594 g/mol. The van der Waals surface area contributed by atoms with Crippen molar-refractivity contribution in [2.45, 2.75) is 12.8 Å². The zero-order valence-corrected chi connectivity index (χ0v) is 25.8. The minimum Gasteiger partial charge on any atom is -0.376 e. The van der Waals surface area contributed by atoms with Gasteiger partial charge in [0.05, 0.1) is 0 Å². The van der Waals surface area contributed by atoms with Gasteiger partial charge >= 0.3 is 13.7 Å². The number of para-hydroxylation sites is 2. The van der Waals surface area contributed by atoms with E-state index in [-0.39, 0.29) is 13.7 Å². The molecule has 0 radical (unpaired) electrons. The van der Waals surface area contributed by atoms with E-state index in [2.05, 4.69) is 161 Å². The minimum atomic E-state index is 0.0924. The first-order chi connectivity index (χ1) is 23.4. The molecule has 5 aromatic rings. The summed E-state index contributed by atoms with van der Waals surface area (Å²) in [5.41, 5.74) is 24.8. The van der Waals surface area contributed by atoms with Gasteiger partial charge in [0, 0.05) is 50.6 Å². The molecule has 0 atom stereocenters. The highest BCUT2D eigenvalue weighted by molar-refractivity contribution is 6.92. The summed E-state index contributed by atoms with van der Waals surface area (Å²) in [5, 5.41) is 0. The maximum atomic E-state index is 3.66. The number of fused-ring (bicyclic) bond motifs is 21. The first-order valence-electron chi connectivity index (χ1n) is 16.7. The Kier molecular flexibility index (Phi) is 5.11. The van der Waals surface area contributed by atoms with Crippen LogP contribution in [0.2, 0.25) is 0 Å². The van der Waals surface area contributed by atoms with E-state index < -0.39 is 0 Å². The van der Waals surface area contributed by atoms with E-state index in [0.717, 1.165) is 12.8 Å². The third-order valence-electron chi connectivity index (χ3n) is 11.0. The van der Waals surface area contributed by atoms with Crippen LogP contribution in [0.1, 0.15) is 24.0 Å². The van der Waals surface area contributed by atoms with Crippen LogP contribution in [0.4, 0.5) is 22.7 Å². The summed E-state index contributed by atoms with van der Waals surface area (Å²) in [6.07, 6.45) is 15.5. The van der Waals surface area contributed by atoms with Crippen molar-refractivity contribution < 1.29 is 0 Å². The lowest BCUT2D eigenvalue weighted by molar-refractivity contribution is 1.04. The highest BCUT2D eigenvalue weighted by Gasteiger charge is 2.47. The van der Waals surface area contributed by atoms with Gasteiger partial charge in [0.2, 0.25) is 0 Å². The van der Waals surface area contributed by atoms with Gasteiger partial charge in [0.15, 0.2) is 0 Å². The Hall–Kier alpha value is -5.69. The fraction of sp³-hybridized carbons (Fsp3) is 0.0465. The zero-order valence-electron chi connectivity index (χ0n) is 25.8. The zero-order chi connectivity index (χ0) is 30.6. The second-order valence-electron chi connectivity index (χ2n) is 13.2. The van der Waals surface area contributed by atoms with Crippen LogP contribution < -0.4 is 20.5 Å². The molecule has 0 saturated heterocycles. The standard InChI is InChI=1S/C43H28B2N2/c1-2-14-28-32-18-7-12-24-40(32)46-42-26-35-31-17-6-11-23-39(31)45-37-21-9-4-15-29(37)33-19-8-13-25-41(33)47(45)43(35)27-34(42)30-16-5-10-22-38(30)44(46)36(28)20-3-1/h1-4,6-13,15,17-27H,5,16H2. The maximum Gasteiger partial charge on any atom is 0.329 e. The number of rotatable bonds is 0. The van der Waals surface area contributed by atoms with Crippen molar-refractivity contribution in [3.8, 4) is 22.3 Å². The number of hydrogen-bond donors (Lipinski definition) is 0. The number of allylic oxidation sites excluding steroid dienone is 9. The fourth-order valence-corrected chi connectivity index (χ4v) is 9.11. The number of benzene rings is 5. The highest BCUT2D eigenvalue weighted by atomic mass is 15.1. The van der Waals surface area contributed by atoms with Crippen molar-refractivity contribution in [1.29, 1.82) is 0 Å². The van der Waals surface area contributed by atoms with Gasteiger partial charge in [-0.25, -0.2) is 0 Å². The minimum absolute atomic E-state index is 0.0924. The van der Waals surface area contributed by atoms with Gasteiger partial charge in [-0.05, 0) is 81.8 Å². The van der Waals surface area contributed by atoms with E-state index in [1.807, 2.05) is 0 Å². The molecule has 0 spiro atoms. The molecule has 0 unspecified atom stereocenters. The van der Waals surface area contributed by atoms with Crippen molar-refractivity contribution in [1.82, 2.24) is 0 Å². The molecule has 0 amide bonds. The van der Waals surface area contributed by atoms with Crippen LogP contribution >= 0.6 is 0 Å². The molecule has 47 heavy (non-hydrogen) atoms. The van der Waals surface area contributed by atoms with Crippen LogP contribution in [0.3, 0.4) is 0 Å². The van der Waals surface area contributed by atoms with Gasteiger partial charge in [-0.3, -0.25) is 0 Å². The molecule has 0 bridgehead atoms. The second-order valence-corrected chi connectivity index (χ2v) is 13.2. The third kappa shape index (κ3) is 3.33. The van der Waals surface area contributed by atoms with Gasteiger partial charge in [-0.15, -0.1) is 5.73 Å². The van der Waals surface area contributed by atoms with Gasteiger partial charge in [-0.2, -0.15) is 0 Å². The predicted octanol–water partition coefficient (Wildman–Crippen LogP) is 8.96. The Morgan fingerprint density at radius 1 is 0.553 bits per heavy atom. The van der Waals surface area contributed by atoms with Crippen LogP contribution in [0, 0.1) is 0 Å². The molecule has 2 nitrogen and oxygen atoms in total. The van der Waals surface area contributed by atoms with E-state index in [0.29, 0.717) is 0 Å². The van der Waals surface area contributed by atoms with E-state index in [1.54, 1.807) is 0 Å². The second kappa shape index (κ2) is 9.42. The number of hydrogen-bond acceptors (Lipinski definition) is 2. The average Bonchev–Trinajstić information content (AvgIpc) is 3.40. The molecule has 4 aliphatic heterocycles. The molecular weight excluding hydrogens is 566 g/mol. The van der Waals surface area contributed by atoms with Crippen molar-refractivity contribution in [2.75, 3.05) is 9.62 Å². The fourth-order valence-electron chi connectivity index (χ4n) is 9.11. The first-order valence-corrected chi connectivity index (χ1v) is 16.7. The van der Waals surface area contributed by atoms with E-state index in [1.165, 1.54) is 89.1 Å². The molecule has 4 heteroatoms. The third-order valence-corrected chi connectivity index (χ3v) is 11.0. The van der Waals surface area contributed by atoms with Gasteiger partial charge in [-0.1, -0.05) is 115 Å². The van der Waals surface area contributed by atoms with Gasteiger partial charge in [0.25, 0.3) is 0 Å². The van der Waals surface area contributed by atoms with Crippen LogP contribution in [0.15, 0.2) is 162 Å². The first kappa shape index (κ1) is 25.5. The van der Waals surface area contributed by atoms with Crippen molar-refractivity contribution in [3.63, 3.8) is 0 Å². The Labute approximate surface area is 275 Å². The summed E-state index contributed by atoms with van der Waals surface area (Å²) in [6, 6.07) is 41.1. The molecule has 2 aliphatic carbocycles. The maximum absolute atomic E-state index is 3.66.